The Bertz CT molecular complexity index is 427. The Morgan fingerprint density at radius 2 is 2.15 bits per heavy atom. The second-order valence-electron chi connectivity index (χ2n) is 5.40. The SMILES string of the molecule is CCCNC(c1cccc(Cl)c1)C1CSC(C)C(C)S1. The summed E-state index contributed by atoms with van der Waals surface area (Å²) in [6.07, 6.45) is 1.16. The van der Waals surface area contributed by atoms with Crippen molar-refractivity contribution in [1.82, 2.24) is 5.32 Å². The van der Waals surface area contributed by atoms with Gasteiger partial charge in [-0.3, -0.25) is 0 Å². The predicted molar refractivity (Wildman–Crippen MR) is 95.2 cm³/mol. The molecule has 1 aliphatic heterocycles. The van der Waals surface area contributed by atoms with Crippen molar-refractivity contribution in [2.45, 2.75) is 49.0 Å². The predicted octanol–water partition coefficient (Wildman–Crippen LogP) is 5.01. The fourth-order valence-corrected chi connectivity index (χ4v) is 5.76. The van der Waals surface area contributed by atoms with Crippen molar-refractivity contribution >= 4 is 35.1 Å². The van der Waals surface area contributed by atoms with Crippen LogP contribution in [-0.2, 0) is 0 Å². The maximum Gasteiger partial charge on any atom is 0.0449 e. The monoisotopic (exact) mass is 329 g/mol. The summed E-state index contributed by atoms with van der Waals surface area (Å²) in [5, 5.41) is 6.64. The standard InChI is InChI=1S/C16H24ClNS2/c1-4-8-18-16(13-6-5-7-14(17)9-13)15-10-19-11(2)12(3)20-15/h5-7,9,11-12,15-16,18H,4,8,10H2,1-3H3. The highest BCUT2D eigenvalue weighted by molar-refractivity contribution is 8.07. The molecule has 0 saturated carbocycles. The van der Waals surface area contributed by atoms with E-state index in [1.807, 2.05) is 6.07 Å². The van der Waals surface area contributed by atoms with Crippen molar-refractivity contribution < 1.29 is 0 Å². The lowest BCUT2D eigenvalue weighted by molar-refractivity contribution is 0.528. The molecule has 0 amide bonds. The van der Waals surface area contributed by atoms with E-state index in [-0.39, 0.29) is 0 Å². The van der Waals surface area contributed by atoms with E-state index >= 15 is 0 Å². The number of hydrogen-bond acceptors (Lipinski definition) is 3. The van der Waals surface area contributed by atoms with Gasteiger partial charge in [-0.25, -0.2) is 0 Å². The van der Waals surface area contributed by atoms with E-state index in [0.29, 0.717) is 16.5 Å². The van der Waals surface area contributed by atoms with Crippen LogP contribution in [0.2, 0.25) is 5.02 Å². The molecule has 1 saturated heterocycles. The van der Waals surface area contributed by atoms with Gasteiger partial charge in [0.2, 0.25) is 0 Å². The number of thioether (sulfide) groups is 2. The maximum absolute atomic E-state index is 6.17. The van der Waals surface area contributed by atoms with Gasteiger partial charge in [0.15, 0.2) is 0 Å². The van der Waals surface area contributed by atoms with Crippen LogP contribution in [0, 0.1) is 0 Å². The summed E-state index contributed by atoms with van der Waals surface area (Å²) in [5.74, 6) is 1.21. The zero-order chi connectivity index (χ0) is 14.5. The third-order valence-corrected chi connectivity index (χ3v) is 7.50. The van der Waals surface area contributed by atoms with Crippen LogP contribution in [0.3, 0.4) is 0 Å². The Morgan fingerprint density at radius 1 is 1.35 bits per heavy atom. The first kappa shape index (κ1) is 16.5. The third-order valence-electron chi connectivity index (χ3n) is 3.77. The lowest BCUT2D eigenvalue weighted by Gasteiger charge is -2.36. The van der Waals surface area contributed by atoms with E-state index in [1.54, 1.807) is 0 Å². The van der Waals surface area contributed by atoms with Gasteiger partial charge in [0, 0.05) is 32.6 Å². The highest BCUT2D eigenvalue weighted by Gasteiger charge is 2.31. The van der Waals surface area contributed by atoms with E-state index in [1.165, 1.54) is 11.3 Å². The van der Waals surface area contributed by atoms with Crippen molar-refractivity contribution in [3.05, 3.63) is 34.9 Å². The molecular weight excluding hydrogens is 306 g/mol. The van der Waals surface area contributed by atoms with Crippen molar-refractivity contribution in [2.75, 3.05) is 12.3 Å². The van der Waals surface area contributed by atoms with Gasteiger partial charge in [0.05, 0.1) is 0 Å². The van der Waals surface area contributed by atoms with Gasteiger partial charge in [-0.1, -0.05) is 44.5 Å². The summed E-state index contributed by atoms with van der Waals surface area (Å²) in [6, 6.07) is 8.73. The minimum Gasteiger partial charge on any atom is -0.309 e. The van der Waals surface area contributed by atoms with Gasteiger partial charge in [-0.2, -0.15) is 23.5 Å². The number of benzene rings is 1. The molecule has 0 aliphatic carbocycles. The van der Waals surface area contributed by atoms with Crippen molar-refractivity contribution in [3.63, 3.8) is 0 Å². The van der Waals surface area contributed by atoms with Crippen LogP contribution in [0.5, 0.6) is 0 Å². The summed E-state index contributed by atoms with van der Waals surface area (Å²) in [6.45, 7) is 7.97. The molecule has 0 spiro atoms. The van der Waals surface area contributed by atoms with Crippen LogP contribution in [0.25, 0.3) is 0 Å². The molecule has 0 aromatic heterocycles. The Labute approximate surface area is 136 Å². The van der Waals surface area contributed by atoms with E-state index in [9.17, 15) is 0 Å². The van der Waals surface area contributed by atoms with Crippen LogP contribution in [0.1, 0.15) is 38.8 Å². The number of rotatable bonds is 5. The summed E-state index contributed by atoms with van der Waals surface area (Å²) < 4.78 is 0. The molecule has 1 aromatic rings. The van der Waals surface area contributed by atoms with Crippen molar-refractivity contribution in [2.24, 2.45) is 0 Å². The first-order valence-corrected chi connectivity index (χ1v) is 9.74. The highest BCUT2D eigenvalue weighted by Crippen LogP contribution is 2.41. The normalized spacial score (nSPS) is 28.3. The quantitative estimate of drug-likeness (QED) is 0.815. The van der Waals surface area contributed by atoms with E-state index in [0.717, 1.165) is 23.2 Å². The fourth-order valence-electron chi connectivity index (χ4n) is 2.45. The average Bonchev–Trinajstić information content (AvgIpc) is 2.43. The summed E-state index contributed by atoms with van der Waals surface area (Å²) >= 11 is 10.4. The molecule has 4 atom stereocenters. The van der Waals surface area contributed by atoms with Crippen molar-refractivity contribution in [3.8, 4) is 0 Å². The van der Waals surface area contributed by atoms with Gasteiger partial charge >= 0.3 is 0 Å². The molecule has 4 unspecified atom stereocenters. The van der Waals surface area contributed by atoms with Crippen LogP contribution in [-0.4, -0.2) is 28.0 Å². The van der Waals surface area contributed by atoms with E-state index in [4.69, 9.17) is 11.6 Å². The summed E-state index contributed by atoms with van der Waals surface area (Å²) in [4.78, 5) is 0. The summed E-state index contributed by atoms with van der Waals surface area (Å²) in [7, 11) is 0. The average molecular weight is 330 g/mol. The molecule has 1 nitrogen and oxygen atoms in total. The fraction of sp³-hybridized carbons (Fsp3) is 0.625. The second-order valence-corrected chi connectivity index (χ2v) is 8.87. The van der Waals surface area contributed by atoms with Crippen LogP contribution in [0.15, 0.2) is 24.3 Å². The minimum absolute atomic E-state index is 0.404. The molecule has 1 aliphatic rings. The van der Waals surface area contributed by atoms with Gasteiger partial charge in [-0.05, 0) is 30.7 Å². The van der Waals surface area contributed by atoms with Gasteiger partial charge in [0.1, 0.15) is 0 Å². The molecule has 0 radical (unpaired) electrons. The molecule has 1 N–H and O–H groups in total. The second kappa shape index (κ2) is 7.98. The molecular formula is C16H24ClNS2. The molecule has 1 fully saturated rings. The zero-order valence-electron chi connectivity index (χ0n) is 12.4. The molecule has 1 aromatic carbocycles. The largest absolute Gasteiger partial charge is 0.309 e. The molecule has 0 bridgehead atoms. The molecule has 112 valence electrons. The molecule has 1 heterocycles. The van der Waals surface area contributed by atoms with Crippen molar-refractivity contribution in [1.29, 1.82) is 0 Å². The van der Waals surface area contributed by atoms with Gasteiger partial charge in [-0.15, -0.1) is 0 Å². The lowest BCUT2D eigenvalue weighted by Crippen LogP contribution is -2.37. The Hall–Kier alpha value is 0.170. The van der Waals surface area contributed by atoms with E-state index in [2.05, 4.69) is 67.8 Å². The van der Waals surface area contributed by atoms with Gasteiger partial charge in [0.25, 0.3) is 0 Å². The Balaban J connectivity index is 2.15. The number of hydrogen-bond donors (Lipinski definition) is 1. The van der Waals surface area contributed by atoms with Crippen LogP contribution < -0.4 is 5.32 Å². The number of nitrogens with one attached hydrogen (secondary N) is 1. The molecule has 20 heavy (non-hydrogen) atoms. The Kier molecular flexibility index (Phi) is 6.60. The Morgan fingerprint density at radius 3 is 2.80 bits per heavy atom. The molecule has 2 rings (SSSR count). The zero-order valence-corrected chi connectivity index (χ0v) is 14.8. The maximum atomic E-state index is 6.17. The number of halogens is 1. The van der Waals surface area contributed by atoms with Gasteiger partial charge < -0.3 is 5.32 Å². The topological polar surface area (TPSA) is 12.0 Å². The van der Waals surface area contributed by atoms with E-state index < -0.39 is 0 Å². The first-order chi connectivity index (χ1) is 9.61. The summed E-state index contributed by atoms with van der Waals surface area (Å²) in [5.41, 5.74) is 1.32. The smallest absolute Gasteiger partial charge is 0.0449 e. The van der Waals surface area contributed by atoms with Crippen LogP contribution >= 0.6 is 35.1 Å². The lowest BCUT2D eigenvalue weighted by atomic mass is 10.0. The molecule has 4 heteroatoms. The first-order valence-electron chi connectivity index (χ1n) is 7.37. The third kappa shape index (κ3) is 4.33. The minimum atomic E-state index is 0.404. The van der Waals surface area contributed by atoms with Crippen LogP contribution in [0.4, 0.5) is 0 Å². The highest BCUT2D eigenvalue weighted by atomic mass is 35.5.